The van der Waals surface area contributed by atoms with Gasteiger partial charge in [-0.3, -0.25) is 9.78 Å². The number of rotatable bonds is 6. The fraction of sp³-hybridized carbons (Fsp3) is 0.250. The largest absolute Gasteiger partial charge is 0.418 e. The first-order valence-electron chi connectivity index (χ1n) is 7.03. The molecule has 2 aromatic rings. The molecule has 0 fully saturated rings. The maximum atomic E-state index is 12.8. The molecule has 0 unspecified atom stereocenters. The Hall–Kier alpha value is -2.57. The Balaban J connectivity index is 1.80. The van der Waals surface area contributed by atoms with E-state index >= 15 is 0 Å². The first-order chi connectivity index (χ1) is 11.0. The number of halogens is 3. The number of nitrogens with zero attached hydrogens (tertiary/aromatic N) is 1. The number of amides is 1. The van der Waals surface area contributed by atoms with E-state index in [-0.39, 0.29) is 24.6 Å². The van der Waals surface area contributed by atoms with Crippen LogP contribution in [0.3, 0.4) is 0 Å². The predicted molar refractivity (Wildman–Crippen MR) is 80.6 cm³/mol. The van der Waals surface area contributed by atoms with Gasteiger partial charge in [-0.15, -0.1) is 0 Å². The fourth-order valence-electron chi connectivity index (χ4n) is 1.98. The quantitative estimate of drug-likeness (QED) is 0.858. The van der Waals surface area contributed by atoms with Crippen LogP contribution in [0.25, 0.3) is 0 Å². The lowest BCUT2D eigenvalue weighted by molar-refractivity contribution is -0.137. The van der Waals surface area contributed by atoms with Crippen LogP contribution >= 0.6 is 0 Å². The third-order valence-electron chi connectivity index (χ3n) is 3.09. The van der Waals surface area contributed by atoms with Crippen LogP contribution in [-0.4, -0.2) is 17.4 Å². The van der Waals surface area contributed by atoms with Gasteiger partial charge < -0.3 is 10.6 Å². The molecule has 0 saturated carbocycles. The highest BCUT2D eigenvalue weighted by atomic mass is 19.4. The highest BCUT2D eigenvalue weighted by Crippen LogP contribution is 2.34. The molecule has 2 rings (SSSR count). The Kier molecular flexibility index (Phi) is 5.56. The van der Waals surface area contributed by atoms with Crippen LogP contribution in [0.1, 0.15) is 17.7 Å². The van der Waals surface area contributed by atoms with Crippen molar-refractivity contribution < 1.29 is 18.0 Å². The van der Waals surface area contributed by atoms with E-state index < -0.39 is 11.7 Å². The van der Waals surface area contributed by atoms with Crippen molar-refractivity contribution in [3.05, 3.63) is 59.9 Å². The number of benzene rings is 1. The molecular weight excluding hydrogens is 307 g/mol. The molecule has 0 radical (unpaired) electrons. The van der Waals surface area contributed by atoms with Gasteiger partial charge in [0.25, 0.3) is 0 Å². The lowest BCUT2D eigenvalue weighted by Gasteiger charge is -2.14. The Morgan fingerprint density at radius 3 is 2.52 bits per heavy atom. The van der Waals surface area contributed by atoms with Crippen molar-refractivity contribution in [1.29, 1.82) is 0 Å². The zero-order valence-electron chi connectivity index (χ0n) is 12.2. The summed E-state index contributed by atoms with van der Waals surface area (Å²) in [5, 5.41) is 5.32. The molecule has 0 aliphatic carbocycles. The average Bonchev–Trinajstić information content (AvgIpc) is 2.53. The third kappa shape index (κ3) is 5.28. The Labute approximate surface area is 131 Å². The molecule has 0 aliphatic heterocycles. The van der Waals surface area contributed by atoms with Gasteiger partial charge in [0.05, 0.1) is 17.8 Å². The van der Waals surface area contributed by atoms with E-state index in [0.717, 1.165) is 11.8 Å². The highest BCUT2D eigenvalue weighted by molar-refractivity contribution is 5.76. The van der Waals surface area contributed by atoms with Gasteiger partial charge in [-0.1, -0.05) is 18.2 Å². The zero-order valence-corrected chi connectivity index (χ0v) is 12.2. The van der Waals surface area contributed by atoms with E-state index in [4.69, 9.17) is 0 Å². The smallest absolute Gasteiger partial charge is 0.384 e. The lowest BCUT2D eigenvalue weighted by atomic mass is 10.1. The van der Waals surface area contributed by atoms with Gasteiger partial charge in [0.15, 0.2) is 0 Å². The molecule has 1 aromatic heterocycles. The molecule has 0 spiro atoms. The molecule has 1 aromatic carbocycles. The Bertz CT molecular complexity index is 645. The summed E-state index contributed by atoms with van der Waals surface area (Å²) in [6.45, 7) is 0.403. The summed E-state index contributed by atoms with van der Waals surface area (Å²) >= 11 is 0. The van der Waals surface area contributed by atoms with Crippen LogP contribution < -0.4 is 10.6 Å². The van der Waals surface area contributed by atoms with Gasteiger partial charge in [-0.2, -0.15) is 13.2 Å². The van der Waals surface area contributed by atoms with Crippen molar-refractivity contribution in [3.8, 4) is 0 Å². The fourth-order valence-corrected chi connectivity index (χ4v) is 1.98. The molecule has 1 amide bonds. The van der Waals surface area contributed by atoms with Crippen LogP contribution in [0.5, 0.6) is 0 Å². The van der Waals surface area contributed by atoms with E-state index in [1.165, 1.54) is 18.2 Å². The number of pyridine rings is 1. The van der Waals surface area contributed by atoms with Crippen LogP contribution in [-0.2, 0) is 17.5 Å². The summed E-state index contributed by atoms with van der Waals surface area (Å²) in [5.41, 5.74) is -0.0531. The van der Waals surface area contributed by atoms with Crippen molar-refractivity contribution in [2.24, 2.45) is 0 Å². The van der Waals surface area contributed by atoms with E-state index in [1.807, 2.05) is 6.07 Å². The molecule has 0 aliphatic rings. The van der Waals surface area contributed by atoms with Gasteiger partial charge in [0.1, 0.15) is 0 Å². The Morgan fingerprint density at radius 1 is 1.09 bits per heavy atom. The number of hydrogen-bond donors (Lipinski definition) is 2. The van der Waals surface area contributed by atoms with E-state index in [0.29, 0.717) is 6.54 Å². The second-order valence-electron chi connectivity index (χ2n) is 4.82. The maximum Gasteiger partial charge on any atom is 0.418 e. The molecule has 0 atom stereocenters. The summed E-state index contributed by atoms with van der Waals surface area (Å²) in [4.78, 5) is 15.7. The van der Waals surface area contributed by atoms with E-state index in [2.05, 4.69) is 15.6 Å². The maximum absolute atomic E-state index is 12.8. The lowest BCUT2D eigenvalue weighted by Crippen LogP contribution is -2.25. The molecule has 0 bridgehead atoms. The minimum Gasteiger partial charge on any atom is -0.384 e. The second-order valence-corrected chi connectivity index (χ2v) is 4.82. The molecule has 7 heteroatoms. The average molecular weight is 323 g/mol. The predicted octanol–water partition coefficient (Wildman–Crippen LogP) is 3.22. The van der Waals surface area contributed by atoms with Crippen molar-refractivity contribution in [3.63, 3.8) is 0 Å². The van der Waals surface area contributed by atoms with Gasteiger partial charge in [0.2, 0.25) is 5.91 Å². The number of alkyl halides is 3. The van der Waals surface area contributed by atoms with Crippen molar-refractivity contribution in [2.45, 2.75) is 19.1 Å². The summed E-state index contributed by atoms with van der Waals surface area (Å²) in [6.07, 6.45) is -2.74. The number of anilines is 1. The first kappa shape index (κ1) is 16.8. The number of nitrogens with one attached hydrogen (secondary N) is 2. The topological polar surface area (TPSA) is 54.0 Å². The van der Waals surface area contributed by atoms with Crippen LogP contribution in [0.4, 0.5) is 18.9 Å². The van der Waals surface area contributed by atoms with Gasteiger partial charge in [-0.25, -0.2) is 0 Å². The third-order valence-corrected chi connectivity index (χ3v) is 3.09. The summed E-state index contributed by atoms with van der Waals surface area (Å²) in [5.74, 6) is -0.257. The zero-order chi connectivity index (χ0) is 16.7. The minimum atomic E-state index is -4.43. The number of carbonyl (C=O) groups is 1. The molecular formula is C16H16F3N3O. The van der Waals surface area contributed by atoms with E-state index in [1.54, 1.807) is 18.3 Å². The van der Waals surface area contributed by atoms with Gasteiger partial charge >= 0.3 is 6.18 Å². The van der Waals surface area contributed by atoms with Crippen LogP contribution in [0.2, 0.25) is 0 Å². The molecule has 1 heterocycles. The summed E-state index contributed by atoms with van der Waals surface area (Å²) in [7, 11) is 0. The van der Waals surface area contributed by atoms with Gasteiger partial charge in [0, 0.05) is 24.8 Å². The number of aromatic nitrogens is 1. The standard InChI is InChI=1S/C16H16F3N3O/c17-16(18,19)13-6-1-2-7-14(13)21-10-8-15(23)22-11-12-5-3-4-9-20-12/h1-7,9,21H,8,10-11H2,(H,22,23). The highest BCUT2D eigenvalue weighted by Gasteiger charge is 2.32. The van der Waals surface area contributed by atoms with Gasteiger partial charge in [-0.05, 0) is 24.3 Å². The molecule has 122 valence electrons. The van der Waals surface area contributed by atoms with E-state index in [9.17, 15) is 18.0 Å². The molecule has 0 saturated heterocycles. The van der Waals surface area contributed by atoms with Crippen molar-refractivity contribution in [2.75, 3.05) is 11.9 Å². The number of hydrogen-bond acceptors (Lipinski definition) is 3. The second kappa shape index (κ2) is 7.62. The van der Waals surface area contributed by atoms with Crippen molar-refractivity contribution in [1.82, 2.24) is 10.3 Å². The molecule has 23 heavy (non-hydrogen) atoms. The normalized spacial score (nSPS) is 11.1. The molecule has 4 nitrogen and oxygen atoms in total. The Morgan fingerprint density at radius 2 is 1.83 bits per heavy atom. The monoisotopic (exact) mass is 323 g/mol. The summed E-state index contributed by atoms with van der Waals surface area (Å²) < 4.78 is 38.4. The van der Waals surface area contributed by atoms with Crippen LogP contribution in [0, 0.1) is 0 Å². The molecule has 2 N–H and O–H groups in total. The minimum absolute atomic E-state index is 0.0301. The van der Waals surface area contributed by atoms with Crippen LogP contribution in [0.15, 0.2) is 48.7 Å². The number of para-hydroxylation sites is 1. The SMILES string of the molecule is O=C(CCNc1ccccc1C(F)(F)F)NCc1ccccn1. The number of carbonyl (C=O) groups excluding carboxylic acids is 1. The van der Waals surface area contributed by atoms with Crippen molar-refractivity contribution >= 4 is 11.6 Å². The first-order valence-corrected chi connectivity index (χ1v) is 7.03. The summed E-state index contributed by atoms with van der Waals surface area (Å²) in [6, 6.07) is 10.5.